The first-order chi connectivity index (χ1) is 14.7. The molecule has 1 amide bonds. The molecule has 2 saturated heterocycles. The number of hydrogen-bond donors (Lipinski definition) is 1. The molecule has 0 radical (unpaired) electrons. The predicted octanol–water partition coefficient (Wildman–Crippen LogP) is 1.62. The van der Waals surface area contributed by atoms with E-state index in [1.807, 2.05) is 6.07 Å². The lowest BCUT2D eigenvalue weighted by Gasteiger charge is -2.29. The second-order valence-electron chi connectivity index (χ2n) is 7.32. The van der Waals surface area contributed by atoms with Gasteiger partial charge in [0.15, 0.2) is 0 Å². The van der Waals surface area contributed by atoms with Crippen molar-refractivity contribution in [2.24, 2.45) is 0 Å². The Kier molecular flexibility index (Phi) is 6.15. The van der Waals surface area contributed by atoms with Gasteiger partial charge >= 0.3 is 0 Å². The minimum absolute atomic E-state index is 0.0885. The van der Waals surface area contributed by atoms with Crippen molar-refractivity contribution in [1.82, 2.24) is 19.8 Å². The molecule has 0 aliphatic carbocycles. The van der Waals surface area contributed by atoms with Gasteiger partial charge in [0.2, 0.25) is 0 Å². The van der Waals surface area contributed by atoms with Crippen LogP contribution in [-0.4, -0.2) is 76.0 Å². The summed E-state index contributed by atoms with van der Waals surface area (Å²) in [6.45, 7) is 4.39. The number of Topliss-reactive ketones (excluding diaryl/α,β-unsaturated/α-hetero) is 1. The molecule has 4 rings (SSSR count). The lowest BCUT2D eigenvalue weighted by Crippen LogP contribution is -2.39. The van der Waals surface area contributed by atoms with Crippen molar-refractivity contribution in [2.75, 3.05) is 39.4 Å². The molecule has 30 heavy (non-hydrogen) atoms. The van der Waals surface area contributed by atoms with Crippen LogP contribution < -0.4 is 0 Å². The zero-order valence-corrected chi connectivity index (χ0v) is 16.6. The topological polar surface area (TPSA) is 95.9 Å². The van der Waals surface area contributed by atoms with E-state index < -0.39 is 17.7 Å². The van der Waals surface area contributed by atoms with Crippen molar-refractivity contribution in [3.8, 4) is 0 Å². The number of ketones is 1. The van der Waals surface area contributed by atoms with Gasteiger partial charge in [-0.25, -0.2) is 0 Å². The van der Waals surface area contributed by atoms with Gasteiger partial charge < -0.3 is 14.7 Å². The minimum Gasteiger partial charge on any atom is -0.507 e. The van der Waals surface area contributed by atoms with E-state index in [0.29, 0.717) is 30.9 Å². The third-order valence-corrected chi connectivity index (χ3v) is 5.47. The summed E-state index contributed by atoms with van der Waals surface area (Å²) in [6.07, 6.45) is 7.06. The van der Waals surface area contributed by atoms with Gasteiger partial charge in [0, 0.05) is 56.5 Å². The van der Waals surface area contributed by atoms with Crippen molar-refractivity contribution in [2.45, 2.75) is 12.5 Å². The monoisotopic (exact) mass is 408 g/mol. The Morgan fingerprint density at radius 3 is 2.53 bits per heavy atom. The van der Waals surface area contributed by atoms with Gasteiger partial charge in [0.25, 0.3) is 11.7 Å². The number of carbonyl (C=O) groups is 2. The average Bonchev–Trinajstić information content (AvgIpc) is 3.05. The van der Waals surface area contributed by atoms with Crippen molar-refractivity contribution in [3.05, 3.63) is 65.8 Å². The molecule has 8 nitrogen and oxygen atoms in total. The summed E-state index contributed by atoms with van der Waals surface area (Å²) in [5.41, 5.74) is 1.23. The van der Waals surface area contributed by atoms with E-state index in [-0.39, 0.29) is 11.3 Å². The highest BCUT2D eigenvalue weighted by Crippen LogP contribution is 2.39. The lowest BCUT2D eigenvalue weighted by molar-refractivity contribution is -0.140. The van der Waals surface area contributed by atoms with Crippen LogP contribution >= 0.6 is 0 Å². The molecule has 156 valence electrons. The summed E-state index contributed by atoms with van der Waals surface area (Å²) in [5.74, 6) is -1.47. The number of aromatic nitrogens is 2. The molecule has 0 spiro atoms. The fourth-order valence-corrected chi connectivity index (χ4v) is 3.95. The summed E-state index contributed by atoms with van der Waals surface area (Å²) in [7, 11) is 0. The van der Waals surface area contributed by atoms with Crippen LogP contribution in [0.4, 0.5) is 0 Å². The van der Waals surface area contributed by atoms with Crippen LogP contribution in [0, 0.1) is 0 Å². The van der Waals surface area contributed by atoms with Gasteiger partial charge in [0.1, 0.15) is 5.76 Å². The Balaban J connectivity index is 1.63. The van der Waals surface area contributed by atoms with Gasteiger partial charge in [0.05, 0.1) is 24.8 Å². The van der Waals surface area contributed by atoms with E-state index in [1.165, 1.54) is 12.4 Å². The third kappa shape index (κ3) is 4.10. The summed E-state index contributed by atoms with van der Waals surface area (Å²) < 4.78 is 5.37. The normalized spacial score (nSPS) is 21.9. The number of rotatable bonds is 6. The summed E-state index contributed by atoms with van der Waals surface area (Å²) in [4.78, 5) is 37.7. The van der Waals surface area contributed by atoms with Gasteiger partial charge in [-0.1, -0.05) is 6.07 Å². The van der Waals surface area contributed by atoms with E-state index >= 15 is 0 Å². The van der Waals surface area contributed by atoms with Crippen LogP contribution in [0.1, 0.15) is 23.6 Å². The number of morpholine rings is 1. The molecule has 2 aromatic heterocycles. The van der Waals surface area contributed by atoms with Gasteiger partial charge in [-0.15, -0.1) is 0 Å². The van der Waals surface area contributed by atoms with Gasteiger partial charge in [-0.3, -0.25) is 24.5 Å². The molecule has 2 aromatic rings. The molecule has 0 saturated carbocycles. The molecule has 2 fully saturated rings. The van der Waals surface area contributed by atoms with Gasteiger partial charge in [-0.2, -0.15) is 0 Å². The Morgan fingerprint density at radius 1 is 1.07 bits per heavy atom. The minimum atomic E-state index is -0.676. The van der Waals surface area contributed by atoms with Crippen LogP contribution in [-0.2, 0) is 14.3 Å². The Hall–Kier alpha value is -3.10. The van der Waals surface area contributed by atoms with Crippen LogP contribution in [0.15, 0.2) is 54.6 Å². The van der Waals surface area contributed by atoms with Crippen LogP contribution in [0.2, 0.25) is 0 Å². The van der Waals surface area contributed by atoms with Crippen LogP contribution in [0.25, 0.3) is 5.76 Å². The standard InChI is InChI=1S/C22H24N4O4/c27-20(16-4-7-23-8-5-16)18-19(17-3-1-6-24-15-17)26(22(29)21(18)28)10-2-9-25-11-13-30-14-12-25/h1,3-8,15,19,27H,2,9-14H2/b20-18+/t19-/m0/s1. The van der Waals surface area contributed by atoms with E-state index in [4.69, 9.17) is 4.74 Å². The lowest BCUT2D eigenvalue weighted by atomic mass is 9.96. The molecule has 0 unspecified atom stereocenters. The van der Waals surface area contributed by atoms with E-state index in [1.54, 1.807) is 35.5 Å². The molecule has 2 aliphatic rings. The number of nitrogens with zero attached hydrogens (tertiary/aromatic N) is 4. The second-order valence-corrected chi connectivity index (χ2v) is 7.32. The van der Waals surface area contributed by atoms with Crippen molar-refractivity contribution in [1.29, 1.82) is 0 Å². The average molecular weight is 408 g/mol. The quantitative estimate of drug-likeness (QED) is 0.441. The van der Waals surface area contributed by atoms with E-state index in [0.717, 1.165) is 26.1 Å². The molecular weight excluding hydrogens is 384 g/mol. The molecule has 2 aliphatic heterocycles. The molecular formula is C22H24N4O4. The first kappa shape index (κ1) is 20.2. The Bertz CT molecular complexity index is 927. The zero-order chi connectivity index (χ0) is 20.9. The summed E-state index contributed by atoms with van der Waals surface area (Å²) >= 11 is 0. The van der Waals surface area contributed by atoms with Crippen molar-refractivity contribution < 1.29 is 19.4 Å². The van der Waals surface area contributed by atoms with Gasteiger partial charge in [-0.05, 0) is 30.2 Å². The zero-order valence-electron chi connectivity index (χ0n) is 16.6. The molecule has 4 heterocycles. The highest BCUT2D eigenvalue weighted by Gasteiger charge is 2.45. The molecule has 0 bridgehead atoms. The van der Waals surface area contributed by atoms with Crippen LogP contribution in [0.5, 0.6) is 0 Å². The van der Waals surface area contributed by atoms with E-state index in [9.17, 15) is 14.7 Å². The Labute approximate surface area is 174 Å². The maximum Gasteiger partial charge on any atom is 0.295 e. The number of ether oxygens (including phenoxy) is 1. The number of carbonyl (C=O) groups excluding carboxylic acids is 2. The highest BCUT2D eigenvalue weighted by atomic mass is 16.5. The highest BCUT2D eigenvalue weighted by molar-refractivity contribution is 6.46. The van der Waals surface area contributed by atoms with E-state index in [2.05, 4.69) is 14.9 Å². The third-order valence-electron chi connectivity index (χ3n) is 5.47. The SMILES string of the molecule is O=C1C(=O)N(CCCN2CCOCC2)[C@@H](c2cccnc2)/C1=C(\O)c1ccncc1. The maximum atomic E-state index is 12.9. The number of hydrogen-bond acceptors (Lipinski definition) is 7. The number of pyridine rings is 2. The molecule has 8 heteroatoms. The number of amides is 1. The fourth-order valence-electron chi connectivity index (χ4n) is 3.95. The fraction of sp³-hybridized carbons (Fsp3) is 0.364. The van der Waals surface area contributed by atoms with Crippen molar-refractivity contribution in [3.63, 3.8) is 0 Å². The maximum absolute atomic E-state index is 12.9. The molecule has 1 N–H and O–H groups in total. The number of likely N-dealkylation sites (tertiary alicyclic amines) is 1. The smallest absolute Gasteiger partial charge is 0.295 e. The molecule has 1 atom stereocenters. The second kappa shape index (κ2) is 9.15. The number of aliphatic hydroxyl groups is 1. The largest absolute Gasteiger partial charge is 0.507 e. The predicted molar refractivity (Wildman–Crippen MR) is 109 cm³/mol. The Morgan fingerprint density at radius 2 is 1.83 bits per heavy atom. The summed E-state index contributed by atoms with van der Waals surface area (Å²) in [5, 5.41) is 10.9. The van der Waals surface area contributed by atoms with Crippen molar-refractivity contribution >= 4 is 17.4 Å². The summed E-state index contributed by atoms with van der Waals surface area (Å²) in [6, 6.07) is 6.13. The first-order valence-corrected chi connectivity index (χ1v) is 10.1. The molecule has 0 aromatic carbocycles. The first-order valence-electron chi connectivity index (χ1n) is 10.1. The van der Waals surface area contributed by atoms with Crippen LogP contribution in [0.3, 0.4) is 0 Å². The number of aliphatic hydroxyl groups excluding tert-OH is 1.